The lowest BCUT2D eigenvalue weighted by Crippen LogP contribution is -2.35. The van der Waals surface area contributed by atoms with Crippen LogP contribution in [-0.4, -0.2) is 11.0 Å². The van der Waals surface area contributed by atoms with E-state index in [2.05, 4.69) is 68.7 Å². The molecule has 2 aliphatic rings. The number of hydrogen-bond acceptors (Lipinski definition) is 1. The maximum atomic E-state index is 3.95. The molecule has 0 bridgehead atoms. The van der Waals surface area contributed by atoms with Crippen molar-refractivity contribution in [1.82, 2.24) is 10.3 Å². The Morgan fingerprint density at radius 3 is 2.62 bits per heavy atom. The quantitative estimate of drug-likeness (QED) is 0.638. The van der Waals surface area contributed by atoms with Gasteiger partial charge in [0.15, 0.2) is 0 Å². The smallest absolute Gasteiger partial charge is 0.0478 e. The van der Waals surface area contributed by atoms with Gasteiger partial charge in [0, 0.05) is 33.2 Å². The lowest BCUT2D eigenvalue weighted by atomic mass is 9.91. The Morgan fingerprint density at radius 2 is 1.83 bits per heavy atom. The minimum Gasteiger partial charge on any atom is -0.357 e. The molecule has 24 heavy (non-hydrogen) atoms. The highest BCUT2D eigenvalue weighted by Gasteiger charge is 2.28. The Kier molecular flexibility index (Phi) is 3.53. The molecule has 1 aromatic heterocycles. The predicted molar refractivity (Wildman–Crippen MR) is 102 cm³/mol. The van der Waals surface area contributed by atoms with E-state index in [9.17, 15) is 0 Å². The van der Waals surface area contributed by atoms with Crippen LogP contribution in [0.5, 0.6) is 0 Å². The van der Waals surface area contributed by atoms with E-state index in [0.29, 0.717) is 12.1 Å². The second-order valence-electron chi connectivity index (χ2n) is 7.19. The van der Waals surface area contributed by atoms with Gasteiger partial charge in [-0.1, -0.05) is 40.2 Å². The second-order valence-corrected chi connectivity index (χ2v) is 8.11. The fourth-order valence-electron chi connectivity index (χ4n) is 4.56. The molecule has 0 fully saturated rings. The van der Waals surface area contributed by atoms with E-state index in [-0.39, 0.29) is 0 Å². The number of aryl methyl sites for hydroxylation is 1. The molecule has 2 aromatic carbocycles. The highest BCUT2D eigenvalue weighted by molar-refractivity contribution is 9.10. The molecule has 1 atom stereocenters. The Labute approximate surface area is 150 Å². The summed E-state index contributed by atoms with van der Waals surface area (Å²) in [5.41, 5.74) is 7.25. The van der Waals surface area contributed by atoms with Gasteiger partial charge in [-0.15, -0.1) is 0 Å². The maximum absolute atomic E-state index is 3.95. The van der Waals surface area contributed by atoms with Gasteiger partial charge in [0.2, 0.25) is 0 Å². The summed E-state index contributed by atoms with van der Waals surface area (Å²) in [6, 6.07) is 16.5. The van der Waals surface area contributed by atoms with E-state index >= 15 is 0 Å². The largest absolute Gasteiger partial charge is 0.357 e. The third kappa shape index (κ3) is 2.42. The SMILES string of the molecule is Brc1ccc2[nH]c3c(c2c1)CCC[C@@H]3NC1Cc2ccccc2C1. The number of rotatable bonds is 2. The molecule has 0 amide bonds. The maximum Gasteiger partial charge on any atom is 0.0478 e. The second kappa shape index (κ2) is 5.75. The summed E-state index contributed by atoms with van der Waals surface area (Å²) in [5.74, 6) is 0. The van der Waals surface area contributed by atoms with Gasteiger partial charge in [-0.05, 0) is 67.0 Å². The molecule has 0 unspecified atom stereocenters. The number of halogens is 1. The van der Waals surface area contributed by atoms with Crippen molar-refractivity contribution >= 4 is 26.8 Å². The first-order valence-electron chi connectivity index (χ1n) is 8.91. The average Bonchev–Trinajstić information content (AvgIpc) is 3.16. The van der Waals surface area contributed by atoms with Crippen LogP contribution in [0.15, 0.2) is 46.9 Å². The number of benzene rings is 2. The van der Waals surface area contributed by atoms with Gasteiger partial charge in [-0.25, -0.2) is 0 Å². The normalized spacial score (nSPS) is 20.3. The Balaban J connectivity index is 1.44. The minimum absolute atomic E-state index is 0.458. The molecule has 0 saturated heterocycles. The van der Waals surface area contributed by atoms with Gasteiger partial charge in [0.25, 0.3) is 0 Å². The van der Waals surface area contributed by atoms with Crippen LogP contribution >= 0.6 is 15.9 Å². The number of hydrogen-bond donors (Lipinski definition) is 2. The number of fused-ring (bicyclic) bond motifs is 4. The number of aromatic nitrogens is 1. The third-order valence-corrected chi connectivity index (χ3v) is 6.15. The van der Waals surface area contributed by atoms with Crippen molar-refractivity contribution < 1.29 is 0 Å². The van der Waals surface area contributed by atoms with E-state index in [1.807, 2.05) is 0 Å². The van der Waals surface area contributed by atoms with Crippen LogP contribution in [0.2, 0.25) is 0 Å². The molecule has 122 valence electrons. The number of aromatic amines is 1. The highest BCUT2D eigenvalue weighted by atomic mass is 79.9. The van der Waals surface area contributed by atoms with Gasteiger partial charge >= 0.3 is 0 Å². The lowest BCUT2D eigenvalue weighted by molar-refractivity contribution is 0.396. The third-order valence-electron chi connectivity index (χ3n) is 5.66. The summed E-state index contributed by atoms with van der Waals surface area (Å²) in [4.78, 5) is 3.71. The molecule has 3 heteroatoms. The van der Waals surface area contributed by atoms with Gasteiger partial charge in [-0.3, -0.25) is 0 Å². The Morgan fingerprint density at radius 1 is 1.04 bits per heavy atom. The van der Waals surface area contributed by atoms with E-state index in [1.165, 1.54) is 52.5 Å². The van der Waals surface area contributed by atoms with E-state index in [1.54, 1.807) is 0 Å². The highest BCUT2D eigenvalue weighted by Crippen LogP contribution is 2.36. The van der Waals surface area contributed by atoms with E-state index in [0.717, 1.165) is 17.3 Å². The monoisotopic (exact) mass is 380 g/mol. The van der Waals surface area contributed by atoms with Crippen LogP contribution in [0.1, 0.15) is 41.3 Å². The van der Waals surface area contributed by atoms with Gasteiger partial charge < -0.3 is 10.3 Å². The molecule has 3 aromatic rings. The van der Waals surface area contributed by atoms with Crippen LogP contribution in [0.3, 0.4) is 0 Å². The summed E-state index contributed by atoms with van der Waals surface area (Å²) in [6.45, 7) is 0. The summed E-state index contributed by atoms with van der Waals surface area (Å²) < 4.78 is 1.16. The zero-order valence-electron chi connectivity index (χ0n) is 13.6. The summed E-state index contributed by atoms with van der Waals surface area (Å²) in [5, 5.41) is 5.34. The van der Waals surface area contributed by atoms with Crippen LogP contribution in [0.25, 0.3) is 10.9 Å². The van der Waals surface area contributed by atoms with Crippen molar-refractivity contribution in [2.75, 3.05) is 0 Å². The van der Waals surface area contributed by atoms with E-state index < -0.39 is 0 Å². The summed E-state index contributed by atoms with van der Waals surface area (Å²) >= 11 is 3.62. The molecule has 1 heterocycles. The Bertz CT molecular complexity index is 886. The zero-order chi connectivity index (χ0) is 16.1. The van der Waals surface area contributed by atoms with Gasteiger partial charge in [-0.2, -0.15) is 0 Å². The molecule has 0 radical (unpaired) electrons. The van der Waals surface area contributed by atoms with Crippen molar-refractivity contribution in [3.05, 3.63) is 69.3 Å². The van der Waals surface area contributed by atoms with Crippen LogP contribution < -0.4 is 5.32 Å². The summed E-state index contributed by atoms with van der Waals surface area (Å²) in [7, 11) is 0. The molecule has 0 aliphatic heterocycles. The molecular weight excluding hydrogens is 360 g/mol. The van der Waals surface area contributed by atoms with Crippen molar-refractivity contribution in [2.45, 2.75) is 44.2 Å². The Hall–Kier alpha value is -1.58. The molecular formula is C21H21BrN2. The van der Waals surface area contributed by atoms with Crippen molar-refractivity contribution in [1.29, 1.82) is 0 Å². The molecule has 5 rings (SSSR count). The summed E-state index contributed by atoms with van der Waals surface area (Å²) in [6.07, 6.45) is 6.01. The average molecular weight is 381 g/mol. The van der Waals surface area contributed by atoms with Crippen LogP contribution in [0.4, 0.5) is 0 Å². The fourth-order valence-corrected chi connectivity index (χ4v) is 4.92. The van der Waals surface area contributed by atoms with Gasteiger partial charge in [0.05, 0.1) is 0 Å². The lowest BCUT2D eigenvalue weighted by Gasteiger charge is -2.27. The van der Waals surface area contributed by atoms with E-state index in [4.69, 9.17) is 0 Å². The molecule has 0 saturated carbocycles. The van der Waals surface area contributed by atoms with Crippen LogP contribution in [-0.2, 0) is 19.3 Å². The molecule has 0 spiro atoms. The number of nitrogens with one attached hydrogen (secondary N) is 2. The fraction of sp³-hybridized carbons (Fsp3) is 0.333. The molecule has 2 nitrogen and oxygen atoms in total. The molecule has 2 N–H and O–H groups in total. The standard InChI is InChI=1S/C21H21BrN2/c22-15-8-9-19-18(12-15)17-6-3-7-20(21(17)24-19)23-16-10-13-4-1-2-5-14(13)11-16/h1-2,4-5,8-9,12,16,20,23-24H,3,6-7,10-11H2/t20-/m0/s1. The topological polar surface area (TPSA) is 27.8 Å². The first-order chi connectivity index (χ1) is 11.8. The van der Waals surface area contributed by atoms with Crippen LogP contribution in [0, 0.1) is 0 Å². The molecule has 2 aliphatic carbocycles. The first-order valence-corrected chi connectivity index (χ1v) is 9.70. The van der Waals surface area contributed by atoms with Crippen molar-refractivity contribution in [3.8, 4) is 0 Å². The van der Waals surface area contributed by atoms with Crippen molar-refractivity contribution in [3.63, 3.8) is 0 Å². The number of H-pyrrole nitrogens is 1. The predicted octanol–water partition coefficient (Wildman–Crippen LogP) is 5.06. The first kappa shape index (κ1) is 14.7. The minimum atomic E-state index is 0.458. The van der Waals surface area contributed by atoms with Crippen molar-refractivity contribution in [2.24, 2.45) is 0 Å². The zero-order valence-corrected chi connectivity index (χ0v) is 15.2. The van der Waals surface area contributed by atoms with Gasteiger partial charge in [0.1, 0.15) is 0 Å².